The monoisotopic (exact) mass is 880 g/mol. The highest BCUT2D eigenvalue weighted by molar-refractivity contribution is 5.81. The number of hydrogen-bond donors (Lipinski definition) is 7. The summed E-state index contributed by atoms with van der Waals surface area (Å²) in [5, 5.41) is 16.7. The molecule has 0 rings (SSSR count). The number of hydrogen-bond acceptors (Lipinski definition) is 17. The lowest BCUT2D eigenvalue weighted by Crippen LogP contribution is -2.32. The molecule has 0 aliphatic carbocycles. The summed E-state index contributed by atoms with van der Waals surface area (Å²) in [5.41, 5.74) is 5.18. The zero-order valence-corrected chi connectivity index (χ0v) is 36.3. The Balaban J connectivity index is 3.45. The first-order chi connectivity index (χ1) is 29.5. The topological polar surface area (TPSA) is 292 Å². The van der Waals surface area contributed by atoms with Crippen molar-refractivity contribution >= 4 is 41.1 Å². The van der Waals surface area contributed by atoms with Crippen LogP contribution in [0.15, 0.2) is 0 Å². The molecule has 0 radical (unpaired) electrons. The van der Waals surface area contributed by atoms with E-state index in [0.29, 0.717) is 58.9 Å². The van der Waals surface area contributed by atoms with Crippen molar-refractivity contribution in [2.75, 3.05) is 152 Å². The van der Waals surface area contributed by atoms with Gasteiger partial charge in [-0.25, -0.2) is 0 Å². The molecule has 0 aromatic heterocycles. The van der Waals surface area contributed by atoms with Crippen LogP contribution in [0.25, 0.3) is 0 Å². The van der Waals surface area contributed by atoms with Crippen molar-refractivity contribution in [2.24, 2.45) is 5.73 Å². The number of ketones is 2. The third kappa shape index (κ3) is 44.2. The number of nitrogens with one attached hydrogen (secondary N) is 6. The summed E-state index contributed by atoms with van der Waals surface area (Å²) in [4.78, 5) is 81.4. The van der Waals surface area contributed by atoms with Crippen molar-refractivity contribution in [1.82, 2.24) is 31.9 Å². The Kier molecular flexibility index (Phi) is 40.3. The summed E-state index contributed by atoms with van der Waals surface area (Å²) in [6.45, 7) is 8.40. The zero-order valence-electron chi connectivity index (χ0n) is 36.3. The van der Waals surface area contributed by atoms with Gasteiger partial charge in [-0.3, -0.25) is 33.6 Å². The molecule has 0 heterocycles. The van der Waals surface area contributed by atoms with Crippen LogP contribution in [0.2, 0.25) is 0 Å². The van der Waals surface area contributed by atoms with Crippen LogP contribution in [0, 0.1) is 0 Å². The number of ether oxygens (including phenoxy) is 8. The van der Waals surface area contributed by atoms with Gasteiger partial charge in [0.05, 0.1) is 92.4 Å². The highest BCUT2D eigenvalue weighted by Crippen LogP contribution is 1.99. The summed E-state index contributed by atoms with van der Waals surface area (Å²) >= 11 is 0. The second-order valence-electron chi connectivity index (χ2n) is 13.5. The van der Waals surface area contributed by atoms with Crippen LogP contribution in [0.5, 0.6) is 0 Å². The maximum atomic E-state index is 12.0. The van der Waals surface area contributed by atoms with Gasteiger partial charge in [0.25, 0.3) is 0 Å². The summed E-state index contributed by atoms with van der Waals surface area (Å²) in [6.07, 6.45) is 3.47. The van der Waals surface area contributed by atoms with Crippen LogP contribution in [0.1, 0.15) is 52.4 Å². The van der Waals surface area contributed by atoms with Gasteiger partial charge in [-0.1, -0.05) is 6.42 Å². The fraction of sp³-hybridized carbons (Fsp3) is 0.821. The first-order valence-corrected chi connectivity index (χ1v) is 20.9. The average molecular weight is 880 g/mol. The van der Waals surface area contributed by atoms with Gasteiger partial charge in [0.2, 0.25) is 29.5 Å². The number of carbonyl (C=O) groups is 7. The third-order valence-corrected chi connectivity index (χ3v) is 7.85. The third-order valence-electron chi connectivity index (χ3n) is 7.85. The maximum Gasteiger partial charge on any atom is 0.246 e. The van der Waals surface area contributed by atoms with E-state index < -0.39 is 0 Å². The van der Waals surface area contributed by atoms with Crippen LogP contribution in [0.4, 0.5) is 0 Å². The van der Waals surface area contributed by atoms with Crippen molar-refractivity contribution in [3.05, 3.63) is 0 Å². The lowest BCUT2D eigenvalue weighted by molar-refractivity contribution is -0.127. The number of Topliss-reactive ketones (excluding diaryl/α,β-unsaturated/α-hetero) is 2. The highest BCUT2D eigenvalue weighted by Gasteiger charge is 2.07. The molecule has 0 fully saturated rings. The van der Waals surface area contributed by atoms with E-state index in [1.54, 1.807) is 6.92 Å². The number of nitrogens with two attached hydrogens (primary N) is 1. The second-order valence-corrected chi connectivity index (χ2v) is 13.5. The van der Waals surface area contributed by atoms with E-state index in [9.17, 15) is 33.6 Å². The Morgan fingerprint density at radius 3 is 1.20 bits per heavy atom. The van der Waals surface area contributed by atoms with Crippen molar-refractivity contribution in [3.8, 4) is 0 Å². The molecule has 0 bridgehead atoms. The Hall–Kier alpha value is -3.71. The SMILES string of the molecule is CC(=O)CN[C@H](C)CCCCNC(=O)COCCOCCNC(=O)COCCOCCNC(=O)CCCC(=O)NCCOCCOCC(=O)NCCOCCOCC(=O)CN. The van der Waals surface area contributed by atoms with Crippen LogP contribution < -0.4 is 37.6 Å². The first kappa shape index (κ1) is 57.3. The molecular formula is C39H73N7O15. The first-order valence-electron chi connectivity index (χ1n) is 20.9. The zero-order chi connectivity index (χ0) is 45.0. The van der Waals surface area contributed by atoms with Crippen molar-refractivity contribution in [1.29, 1.82) is 0 Å². The smallest absolute Gasteiger partial charge is 0.246 e. The lowest BCUT2D eigenvalue weighted by atomic mass is 10.1. The molecule has 0 unspecified atom stereocenters. The molecule has 0 saturated heterocycles. The van der Waals surface area contributed by atoms with E-state index in [1.165, 1.54) is 0 Å². The summed E-state index contributed by atoms with van der Waals surface area (Å²) < 4.78 is 42.3. The van der Waals surface area contributed by atoms with Gasteiger partial charge >= 0.3 is 0 Å². The lowest BCUT2D eigenvalue weighted by Gasteiger charge is -2.12. The van der Waals surface area contributed by atoms with Crippen LogP contribution in [-0.4, -0.2) is 199 Å². The molecule has 0 saturated carbocycles. The molecular weight excluding hydrogens is 806 g/mol. The number of unbranched alkanes of at least 4 members (excludes halogenated alkanes) is 1. The Morgan fingerprint density at radius 2 is 0.803 bits per heavy atom. The molecule has 5 amide bonds. The van der Waals surface area contributed by atoms with Gasteiger partial charge < -0.3 is 75.5 Å². The predicted octanol–water partition coefficient (Wildman–Crippen LogP) is -2.86. The van der Waals surface area contributed by atoms with Gasteiger partial charge in [0, 0.05) is 51.6 Å². The van der Waals surface area contributed by atoms with Gasteiger partial charge in [-0.15, -0.1) is 0 Å². The second kappa shape index (κ2) is 43.0. The average Bonchev–Trinajstić information content (AvgIpc) is 3.23. The normalized spacial score (nSPS) is 11.5. The number of carbonyl (C=O) groups excluding carboxylic acids is 7. The van der Waals surface area contributed by atoms with E-state index in [4.69, 9.17) is 43.6 Å². The van der Waals surface area contributed by atoms with Gasteiger partial charge in [-0.2, -0.15) is 0 Å². The molecule has 0 aromatic carbocycles. The molecule has 354 valence electrons. The summed E-state index contributed by atoms with van der Waals surface area (Å²) in [6, 6.07) is 0.253. The standard InChI is InChI=1S/C39H73N7O15/c1-32(46-27-33(2)47)6-3-4-9-41-37(51)29-59-23-21-57-17-13-45-39(53)31-61-25-20-55-15-11-43-36(50)8-5-7-35(49)42-10-14-54-19-24-60-30-38(52)44-12-16-56-18-22-58-28-34(48)26-40/h32,46H,3-31,40H2,1-2H3,(H,41,51)(H,42,49)(H,43,50)(H,44,52)(H,45,53)/t32-/m1/s1. The molecule has 61 heavy (non-hydrogen) atoms. The van der Waals surface area contributed by atoms with Gasteiger partial charge in [-0.05, 0) is 33.1 Å². The largest absolute Gasteiger partial charge is 0.377 e. The Bertz CT molecular complexity index is 1190. The highest BCUT2D eigenvalue weighted by atomic mass is 16.5. The number of rotatable bonds is 45. The molecule has 0 spiro atoms. The van der Waals surface area contributed by atoms with E-state index in [1.807, 2.05) is 6.92 Å². The maximum absolute atomic E-state index is 12.0. The quantitative estimate of drug-likeness (QED) is 0.0303. The van der Waals surface area contributed by atoms with E-state index in [2.05, 4.69) is 31.9 Å². The molecule has 0 aromatic rings. The van der Waals surface area contributed by atoms with Crippen molar-refractivity contribution < 1.29 is 71.5 Å². The van der Waals surface area contributed by atoms with Crippen molar-refractivity contribution in [3.63, 3.8) is 0 Å². The number of amides is 5. The van der Waals surface area contributed by atoms with E-state index in [0.717, 1.165) is 19.3 Å². The molecule has 0 aliphatic rings. The molecule has 22 heteroatoms. The van der Waals surface area contributed by atoms with E-state index >= 15 is 0 Å². The molecule has 22 nitrogen and oxygen atoms in total. The van der Waals surface area contributed by atoms with E-state index in [-0.39, 0.29) is 159 Å². The Labute approximate surface area is 359 Å². The van der Waals surface area contributed by atoms with Crippen LogP contribution in [-0.2, 0) is 71.5 Å². The minimum Gasteiger partial charge on any atom is -0.377 e. The van der Waals surface area contributed by atoms with Gasteiger partial charge in [0.15, 0.2) is 5.78 Å². The minimum atomic E-state index is -0.298. The molecule has 1 atom stereocenters. The van der Waals surface area contributed by atoms with Crippen molar-refractivity contribution in [2.45, 2.75) is 58.4 Å². The molecule has 8 N–H and O–H groups in total. The summed E-state index contributed by atoms with van der Waals surface area (Å²) in [7, 11) is 0. The molecule has 0 aliphatic heterocycles. The predicted molar refractivity (Wildman–Crippen MR) is 222 cm³/mol. The van der Waals surface area contributed by atoms with Crippen LogP contribution in [0.3, 0.4) is 0 Å². The fourth-order valence-electron chi connectivity index (χ4n) is 4.63. The minimum absolute atomic E-state index is 0.0422. The Morgan fingerprint density at radius 1 is 0.443 bits per heavy atom. The van der Waals surface area contributed by atoms with Gasteiger partial charge in [0.1, 0.15) is 32.2 Å². The fourth-order valence-corrected chi connectivity index (χ4v) is 4.63. The summed E-state index contributed by atoms with van der Waals surface area (Å²) in [5.74, 6) is -1.25. The van der Waals surface area contributed by atoms with Crippen LogP contribution >= 0.6 is 0 Å².